The lowest BCUT2D eigenvalue weighted by molar-refractivity contribution is -0.952. The average Bonchev–Trinajstić information content (AvgIpc) is 2.49. The summed E-state index contributed by atoms with van der Waals surface area (Å²) in [7, 11) is 5.11. The van der Waals surface area contributed by atoms with Gasteiger partial charge < -0.3 is 8.97 Å². The van der Waals surface area contributed by atoms with Crippen LogP contribution in [0.15, 0.2) is 0 Å². The van der Waals surface area contributed by atoms with Crippen LogP contribution < -0.4 is 0 Å². The number of rotatable bonds is 2. The van der Waals surface area contributed by atoms with Crippen LogP contribution in [0.4, 0.5) is 0 Å². The summed E-state index contributed by atoms with van der Waals surface area (Å²) in [5.74, 6) is 0. The molecule has 2 nitrogen and oxygen atoms in total. The lowest BCUT2D eigenvalue weighted by Gasteiger charge is -2.50. The molecule has 2 aliphatic heterocycles. The minimum Gasteiger partial charge on any atom is -0.324 e. The zero-order valence-electron chi connectivity index (χ0n) is 15.6. The molecule has 3 fully saturated rings. The van der Waals surface area contributed by atoms with E-state index in [9.17, 15) is 0 Å². The highest BCUT2D eigenvalue weighted by molar-refractivity contribution is 14.0. The highest BCUT2D eigenvalue weighted by Crippen LogP contribution is 2.35. The Kier molecular flexibility index (Phi) is 15.9. The van der Waals surface area contributed by atoms with Crippen molar-refractivity contribution in [2.45, 2.75) is 76.3 Å². The molecule has 1 saturated carbocycles. The SMILES string of the molecule is C[N+]1(C2CCC([N+]3(C)CCCCC3)CC2)CCCCC1.I.I.I.I. The smallest absolute Gasteiger partial charge is 0.0892 e. The maximum atomic E-state index is 2.56. The van der Waals surface area contributed by atoms with Gasteiger partial charge in [-0.15, -0.1) is 95.9 Å². The summed E-state index contributed by atoms with van der Waals surface area (Å²) in [6.07, 6.45) is 14.9. The third-order valence-electron chi connectivity index (χ3n) is 7.11. The first kappa shape index (κ1) is 29.0. The molecule has 1 aliphatic carbocycles. The summed E-state index contributed by atoms with van der Waals surface area (Å²) < 4.78 is 2.83. The third-order valence-corrected chi connectivity index (χ3v) is 7.11. The van der Waals surface area contributed by atoms with E-state index in [1.807, 2.05) is 0 Å². The Morgan fingerprint density at radius 3 is 0.958 bits per heavy atom. The summed E-state index contributed by atoms with van der Waals surface area (Å²) >= 11 is 0. The molecule has 0 aromatic heterocycles. The van der Waals surface area contributed by atoms with Crippen LogP contribution in [0.2, 0.25) is 0 Å². The largest absolute Gasteiger partial charge is 0.324 e. The third kappa shape index (κ3) is 7.02. The van der Waals surface area contributed by atoms with Crippen LogP contribution in [0.1, 0.15) is 64.2 Å². The second-order valence-electron chi connectivity index (χ2n) is 8.44. The highest BCUT2D eigenvalue weighted by Gasteiger charge is 2.42. The summed E-state index contributed by atoms with van der Waals surface area (Å²) in [6.45, 7) is 5.84. The lowest BCUT2D eigenvalue weighted by atomic mass is 9.85. The Morgan fingerprint density at radius 1 is 0.458 bits per heavy atom. The molecule has 3 rings (SSSR count). The molecule has 148 valence electrons. The van der Waals surface area contributed by atoms with Crippen molar-refractivity contribution in [3.8, 4) is 0 Å². The predicted molar refractivity (Wildman–Crippen MR) is 147 cm³/mol. The summed E-state index contributed by atoms with van der Waals surface area (Å²) in [4.78, 5) is 0. The molecular formula is C18H40I4N2+2. The topological polar surface area (TPSA) is 0 Å². The van der Waals surface area contributed by atoms with E-state index in [0.29, 0.717) is 0 Å². The van der Waals surface area contributed by atoms with E-state index in [1.54, 1.807) is 0 Å². The van der Waals surface area contributed by atoms with Crippen LogP contribution in [0.3, 0.4) is 0 Å². The number of quaternary nitrogens is 2. The van der Waals surface area contributed by atoms with Crippen LogP contribution in [-0.2, 0) is 0 Å². The van der Waals surface area contributed by atoms with Gasteiger partial charge in [0, 0.05) is 25.7 Å². The maximum Gasteiger partial charge on any atom is 0.0892 e. The van der Waals surface area contributed by atoms with Gasteiger partial charge in [0.1, 0.15) is 0 Å². The Morgan fingerprint density at radius 2 is 0.708 bits per heavy atom. The standard InChI is InChI=1S/C18H36N2.4HI/c1-19(13-5-3-6-14-19)17-9-11-18(12-10-17)20(2)15-7-4-8-16-20;;;;/h17-18H,3-16H2,1-2H3;4*1H/q+2;;;;. The van der Waals surface area contributed by atoms with Crippen LogP contribution >= 0.6 is 95.9 Å². The predicted octanol–water partition coefficient (Wildman–Crippen LogP) is 6.03. The average molecular weight is 792 g/mol. The van der Waals surface area contributed by atoms with E-state index in [4.69, 9.17) is 0 Å². The van der Waals surface area contributed by atoms with Crippen molar-refractivity contribution in [2.24, 2.45) is 0 Å². The minimum absolute atomic E-state index is 0. The van der Waals surface area contributed by atoms with Gasteiger partial charge in [0.15, 0.2) is 0 Å². The van der Waals surface area contributed by atoms with Crippen molar-refractivity contribution in [3.63, 3.8) is 0 Å². The quantitative estimate of drug-likeness (QED) is 0.237. The molecule has 3 aliphatic rings. The Labute approximate surface area is 218 Å². The first-order chi connectivity index (χ1) is 9.62. The summed E-state index contributed by atoms with van der Waals surface area (Å²) in [6, 6.07) is 1.98. The highest BCUT2D eigenvalue weighted by atomic mass is 127. The van der Waals surface area contributed by atoms with Gasteiger partial charge in [-0.1, -0.05) is 0 Å². The molecule has 0 unspecified atom stereocenters. The summed E-state index contributed by atoms with van der Waals surface area (Å²) in [5.41, 5.74) is 0. The van der Waals surface area contributed by atoms with Gasteiger partial charge in [-0.25, -0.2) is 0 Å². The monoisotopic (exact) mass is 792 g/mol. The van der Waals surface area contributed by atoms with Gasteiger partial charge in [-0.3, -0.25) is 0 Å². The number of piperidine rings is 2. The molecule has 2 saturated heterocycles. The van der Waals surface area contributed by atoms with E-state index >= 15 is 0 Å². The van der Waals surface area contributed by atoms with Crippen molar-refractivity contribution in [2.75, 3.05) is 40.3 Å². The van der Waals surface area contributed by atoms with Gasteiger partial charge in [0.05, 0.1) is 52.4 Å². The zero-order valence-corrected chi connectivity index (χ0v) is 24.9. The Balaban J connectivity index is 0. The van der Waals surface area contributed by atoms with Gasteiger partial charge in [0.25, 0.3) is 0 Å². The molecule has 2 heterocycles. The van der Waals surface area contributed by atoms with Crippen molar-refractivity contribution >= 4 is 95.9 Å². The molecular weight excluding hydrogens is 752 g/mol. The Bertz CT molecular complexity index is 289. The number of nitrogens with zero attached hydrogens (tertiary/aromatic N) is 2. The normalized spacial score (nSPS) is 31.2. The molecule has 0 spiro atoms. The van der Waals surface area contributed by atoms with Crippen molar-refractivity contribution in [3.05, 3.63) is 0 Å². The van der Waals surface area contributed by atoms with Crippen LogP contribution in [-0.4, -0.2) is 61.3 Å². The van der Waals surface area contributed by atoms with Crippen molar-refractivity contribution in [1.82, 2.24) is 0 Å². The number of halogens is 4. The lowest BCUT2D eigenvalue weighted by Crippen LogP contribution is -2.60. The minimum atomic E-state index is 0. The second kappa shape index (κ2) is 13.1. The molecule has 0 radical (unpaired) electrons. The van der Waals surface area contributed by atoms with Crippen LogP contribution in [0, 0.1) is 0 Å². The van der Waals surface area contributed by atoms with Gasteiger partial charge in [0.2, 0.25) is 0 Å². The first-order valence-corrected chi connectivity index (χ1v) is 9.31. The van der Waals surface area contributed by atoms with Gasteiger partial charge >= 0.3 is 0 Å². The van der Waals surface area contributed by atoms with Crippen molar-refractivity contribution < 1.29 is 8.97 Å². The van der Waals surface area contributed by atoms with E-state index < -0.39 is 0 Å². The molecule has 0 aromatic rings. The molecule has 0 bridgehead atoms. The van der Waals surface area contributed by atoms with Crippen LogP contribution in [0.5, 0.6) is 0 Å². The van der Waals surface area contributed by atoms with E-state index in [1.165, 1.54) is 99.4 Å². The fraction of sp³-hybridized carbons (Fsp3) is 1.00. The first-order valence-electron chi connectivity index (χ1n) is 9.31. The van der Waals surface area contributed by atoms with E-state index in [0.717, 1.165) is 12.1 Å². The molecule has 24 heavy (non-hydrogen) atoms. The van der Waals surface area contributed by atoms with Gasteiger partial charge in [-0.05, 0) is 38.5 Å². The number of hydrogen-bond acceptors (Lipinski definition) is 0. The van der Waals surface area contributed by atoms with Crippen molar-refractivity contribution in [1.29, 1.82) is 0 Å². The maximum absolute atomic E-state index is 2.56. The molecule has 0 N–H and O–H groups in total. The van der Waals surface area contributed by atoms with E-state index in [2.05, 4.69) is 14.1 Å². The van der Waals surface area contributed by atoms with Gasteiger partial charge in [-0.2, -0.15) is 0 Å². The summed E-state index contributed by atoms with van der Waals surface area (Å²) in [5, 5.41) is 0. The molecule has 0 aromatic carbocycles. The fourth-order valence-corrected chi connectivity index (χ4v) is 5.50. The second-order valence-corrected chi connectivity index (χ2v) is 8.44. The Hall–Kier alpha value is 2.84. The molecule has 6 heteroatoms. The van der Waals surface area contributed by atoms with Crippen LogP contribution in [0.25, 0.3) is 0 Å². The number of hydrogen-bond donors (Lipinski definition) is 0. The molecule has 0 amide bonds. The van der Waals surface area contributed by atoms with E-state index in [-0.39, 0.29) is 95.9 Å². The fourth-order valence-electron chi connectivity index (χ4n) is 5.50. The molecule has 0 atom stereocenters. The zero-order chi connectivity index (χ0) is 14.1. The number of likely N-dealkylation sites (tertiary alicyclic amines) is 2.